The van der Waals surface area contributed by atoms with Gasteiger partial charge in [0.1, 0.15) is 0 Å². The number of hydrogen-bond acceptors (Lipinski definition) is 3. The lowest BCUT2D eigenvalue weighted by Gasteiger charge is -2.24. The summed E-state index contributed by atoms with van der Waals surface area (Å²) in [5.74, 6) is -4.34. The molecule has 4 nitrogen and oxygen atoms in total. The maximum absolute atomic E-state index is 12.6. The summed E-state index contributed by atoms with van der Waals surface area (Å²) >= 11 is 0. The highest BCUT2D eigenvalue weighted by Crippen LogP contribution is 2.22. The number of rotatable bonds is 5. The van der Waals surface area contributed by atoms with Crippen LogP contribution in [0.1, 0.15) is 12.8 Å². The van der Waals surface area contributed by atoms with E-state index in [-0.39, 0.29) is 6.54 Å². The number of piperidine rings is 1. The molecule has 1 heterocycles. The summed E-state index contributed by atoms with van der Waals surface area (Å²) < 4.78 is 73.4. The van der Waals surface area contributed by atoms with Gasteiger partial charge in [0.05, 0.1) is 11.8 Å². The Morgan fingerprint density at radius 3 is 2.53 bits per heavy atom. The molecule has 17 heavy (non-hydrogen) atoms. The number of sulfonamides is 1. The molecule has 0 amide bonds. The molecule has 1 rings (SSSR count). The summed E-state index contributed by atoms with van der Waals surface area (Å²) in [7, 11) is -3.98. The first kappa shape index (κ1) is 14.7. The van der Waals surface area contributed by atoms with E-state index in [2.05, 4.69) is 5.32 Å². The predicted octanol–water partition coefficient (Wildman–Crippen LogP) is 0.558. The fraction of sp³-hybridized carbons (Fsp3) is 1.00. The van der Waals surface area contributed by atoms with Gasteiger partial charge in [-0.25, -0.2) is 21.9 Å². The third kappa shape index (κ3) is 4.07. The van der Waals surface area contributed by atoms with E-state index in [0.29, 0.717) is 19.4 Å². The molecule has 0 aromatic heterocycles. The van der Waals surface area contributed by atoms with Crippen LogP contribution in [0.3, 0.4) is 0 Å². The molecule has 1 saturated heterocycles. The molecule has 1 unspecified atom stereocenters. The first-order valence-corrected chi connectivity index (χ1v) is 6.65. The molecule has 0 aromatic rings. The second-order valence-corrected chi connectivity index (χ2v) is 5.94. The van der Waals surface area contributed by atoms with Crippen LogP contribution in [0.15, 0.2) is 0 Å². The van der Waals surface area contributed by atoms with Crippen LogP contribution in [0.2, 0.25) is 0 Å². The minimum absolute atomic E-state index is 0.148. The molecule has 0 bridgehead atoms. The number of hydrogen-bond donors (Lipinski definition) is 2. The predicted molar refractivity (Wildman–Crippen MR) is 53.8 cm³/mol. The fourth-order valence-electron chi connectivity index (χ4n) is 1.48. The van der Waals surface area contributed by atoms with Gasteiger partial charge in [0.15, 0.2) is 0 Å². The molecule has 0 radical (unpaired) electrons. The van der Waals surface area contributed by atoms with Crippen LogP contribution in [0.25, 0.3) is 0 Å². The van der Waals surface area contributed by atoms with E-state index in [9.17, 15) is 26.0 Å². The standard InChI is InChI=1S/C8H14F4N2O2S/c9-7(10)8(11,12)5-14-17(15,16)6-2-1-3-13-4-6/h6-7,13-14H,1-5H2. The molecular formula is C8H14F4N2O2S. The summed E-state index contributed by atoms with van der Waals surface area (Å²) in [6.45, 7) is -0.752. The molecule has 2 N–H and O–H groups in total. The van der Waals surface area contributed by atoms with E-state index in [1.165, 1.54) is 0 Å². The summed E-state index contributed by atoms with van der Waals surface area (Å²) in [6, 6.07) is 0. The van der Waals surface area contributed by atoms with Gasteiger partial charge in [-0.3, -0.25) is 0 Å². The SMILES string of the molecule is O=S(=O)(NCC(F)(F)C(F)F)C1CCCNC1. The third-order valence-electron chi connectivity index (χ3n) is 2.52. The molecular weight excluding hydrogens is 264 g/mol. The van der Waals surface area contributed by atoms with Crippen molar-refractivity contribution in [2.24, 2.45) is 0 Å². The molecule has 1 aliphatic heterocycles. The van der Waals surface area contributed by atoms with Crippen LogP contribution < -0.4 is 10.0 Å². The summed E-state index contributed by atoms with van der Waals surface area (Å²) in [6.07, 6.45) is -2.94. The monoisotopic (exact) mass is 278 g/mol. The first-order valence-electron chi connectivity index (χ1n) is 5.11. The van der Waals surface area contributed by atoms with Crippen molar-refractivity contribution in [1.82, 2.24) is 10.0 Å². The van der Waals surface area contributed by atoms with Gasteiger partial charge < -0.3 is 5.32 Å². The lowest BCUT2D eigenvalue weighted by Crippen LogP contribution is -2.48. The van der Waals surface area contributed by atoms with Gasteiger partial charge in [0.2, 0.25) is 10.0 Å². The maximum atomic E-state index is 12.6. The van der Waals surface area contributed by atoms with Crippen molar-refractivity contribution >= 4 is 10.0 Å². The zero-order valence-corrected chi connectivity index (χ0v) is 9.74. The highest BCUT2D eigenvalue weighted by molar-refractivity contribution is 7.90. The third-order valence-corrected chi connectivity index (χ3v) is 4.35. The quantitative estimate of drug-likeness (QED) is 0.722. The Labute approximate surface area is 96.8 Å². The molecule has 102 valence electrons. The van der Waals surface area contributed by atoms with E-state index >= 15 is 0 Å². The lowest BCUT2D eigenvalue weighted by molar-refractivity contribution is -0.122. The molecule has 0 spiro atoms. The summed E-state index contributed by atoms with van der Waals surface area (Å²) in [5.41, 5.74) is 0. The average molecular weight is 278 g/mol. The van der Waals surface area contributed by atoms with Crippen molar-refractivity contribution in [1.29, 1.82) is 0 Å². The van der Waals surface area contributed by atoms with Gasteiger partial charge in [0, 0.05) is 6.54 Å². The second-order valence-electron chi connectivity index (χ2n) is 3.90. The number of alkyl halides is 4. The van der Waals surface area contributed by atoms with Crippen molar-refractivity contribution in [3.05, 3.63) is 0 Å². The second kappa shape index (κ2) is 5.49. The molecule has 0 aliphatic carbocycles. The van der Waals surface area contributed by atoms with Crippen molar-refractivity contribution < 1.29 is 26.0 Å². The Morgan fingerprint density at radius 2 is 2.06 bits per heavy atom. The Morgan fingerprint density at radius 1 is 1.41 bits per heavy atom. The minimum atomic E-state index is -4.34. The van der Waals surface area contributed by atoms with E-state index in [1.54, 1.807) is 4.72 Å². The zero-order valence-electron chi connectivity index (χ0n) is 8.93. The largest absolute Gasteiger partial charge is 0.320 e. The Hall–Kier alpha value is -0.410. The maximum Gasteiger partial charge on any atom is 0.320 e. The Kier molecular flexibility index (Phi) is 4.73. The van der Waals surface area contributed by atoms with Crippen molar-refractivity contribution in [3.63, 3.8) is 0 Å². The van der Waals surface area contributed by atoms with Gasteiger partial charge >= 0.3 is 12.3 Å². The first-order chi connectivity index (χ1) is 7.76. The topological polar surface area (TPSA) is 58.2 Å². The van der Waals surface area contributed by atoms with Crippen LogP contribution in [-0.2, 0) is 10.0 Å². The Balaban J connectivity index is 2.55. The van der Waals surface area contributed by atoms with Crippen molar-refractivity contribution in [3.8, 4) is 0 Å². The Bertz CT molecular complexity index is 341. The van der Waals surface area contributed by atoms with Crippen LogP contribution in [-0.4, -0.2) is 45.6 Å². The van der Waals surface area contributed by atoms with E-state index in [4.69, 9.17) is 0 Å². The fourth-order valence-corrected chi connectivity index (χ4v) is 2.92. The molecule has 0 aromatic carbocycles. The van der Waals surface area contributed by atoms with Gasteiger partial charge in [0.25, 0.3) is 0 Å². The van der Waals surface area contributed by atoms with E-state index in [0.717, 1.165) is 0 Å². The minimum Gasteiger partial charge on any atom is -0.315 e. The molecule has 1 fully saturated rings. The molecule has 0 saturated carbocycles. The number of halogens is 4. The molecule has 1 atom stereocenters. The normalized spacial score (nSPS) is 23.0. The molecule has 1 aliphatic rings. The number of nitrogens with one attached hydrogen (secondary N) is 2. The van der Waals surface area contributed by atoms with Crippen LogP contribution in [0.4, 0.5) is 17.6 Å². The average Bonchev–Trinajstić information content (AvgIpc) is 2.28. The van der Waals surface area contributed by atoms with E-state index in [1.807, 2.05) is 0 Å². The van der Waals surface area contributed by atoms with Gasteiger partial charge in [-0.05, 0) is 19.4 Å². The highest BCUT2D eigenvalue weighted by atomic mass is 32.2. The zero-order chi connectivity index (χ0) is 13.1. The van der Waals surface area contributed by atoms with Crippen molar-refractivity contribution in [2.75, 3.05) is 19.6 Å². The van der Waals surface area contributed by atoms with Gasteiger partial charge in [-0.15, -0.1) is 0 Å². The van der Waals surface area contributed by atoms with Crippen LogP contribution in [0.5, 0.6) is 0 Å². The smallest absolute Gasteiger partial charge is 0.315 e. The van der Waals surface area contributed by atoms with Crippen LogP contribution >= 0.6 is 0 Å². The molecule has 9 heteroatoms. The van der Waals surface area contributed by atoms with E-state index < -0.39 is 34.2 Å². The lowest BCUT2D eigenvalue weighted by atomic mass is 10.2. The summed E-state index contributed by atoms with van der Waals surface area (Å²) in [4.78, 5) is 0. The van der Waals surface area contributed by atoms with Crippen LogP contribution in [0, 0.1) is 0 Å². The van der Waals surface area contributed by atoms with Crippen molar-refractivity contribution in [2.45, 2.75) is 30.4 Å². The van der Waals surface area contributed by atoms with Gasteiger partial charge in [-0.1, -0.05) is 0 Å². The van der Waals surface area contributed by atoms with Gasteiger partial charge in [-0.2, -0.15) is 8.78 Å². The highest BCUT2D eigenvalue weighted by Gasteiger charge is 2.42. The summed E-state index contributed by atoms with van der Waals surface area (Å²) in [5, 5.41) is 1.96.